The highest BCUT2D eigenvalue weighted by atomic mass is 19.4. The SMILES string of the molecule is NC1CCCCC1OCCCOCC(F)(F)F. The van der Waals surface area contributed by atoms with E-state index < -0.39 is 12.8 Å². The summed E-state index contributed by atoms with van der Waals surface area (Å²) in [6.45, 7) is -0.701. The first-order valence-electron chi connectivity index (χ1n) is 6.01. The van der Waals surface area contributed by atoms with Crippen LogP contribution in [0.3, 0.4) is 0 Å². The maximum atomic E-state index is 11.7. The van der Waals surface area contributed by atoms with Crippen LogP contribution in [-0.4, -0.2) is 38.1 Å². The molecule has 1 saturated carbocycles. The molecule has 0 radical (unpaired) electrons. The van der Waals surface area contributed by atoms with E-state index in [0.717, 1.165) is 25.7 Å². The molecule has 0 aromatic heterocycles. The molecular formula is C11H20F3NO2. The van der Waals surface area contributed by atoms with Crippen molar-refractivity contribution in [1.29, 1.82) is 0 Å². The molecule has 0 bridgehead atoms. The van der Waals surface area contributed by atoms with E-state index >= 15 is 0 Å². The zero-order valence-corrected chi connectivity index (χ0v) is 9.84. The molecule has 2 N–H and O–H groups in total. The smallest absolute Gasteiger partial charge is 0.377 e. The number of hydrogen-bond acceptors (Lipinski definition) is 3. The fourth-order valence-electron chi connectivity index (χ4n) is 1.92. The summed E-state index contributed by atoms with van der Waals surface area (Å²) in [5.74, 6) is 0. The third-order valence-electron chi connectivity index (χ3n) is 2.78. The van der Waals surface area contributed by atoms with E-state index in [1.165, 1.54) is 0 Å². The third kappa shape index (κ3) is 6.85. The second kappa shape index (κ2) is 7.18. The molecule has 2 atom stereocenters. The van der Waals surface area contributed by atoms with Gasteiger partial charge in [0.25, 0.3) is 0 Å². The van der Waals surface area contributed by atoms with Gasteiger partial charge in [0, 0.05) is 19.3 Å². The van der Waals surface area contributed by atoms with Gasteiger partial charge < -0.3 is 15.2 Å². The Morgan fingerprint density at radius 2 is 1.82 bits per heavy atom. The lowest BCUT2D eigenvalue weighted by atomic mass is 9.93. The fraction of sp³-hybridized carbons (Fsp3) is 1.00. The molecule has 2 unspecified atom stereocenters. The number of rotatable bonds is 6. The predicted molar refractivity (Wildman–Crippen MR) is 57.7 cm³/mol. The number of ether oxygens (including phenoxy) is 2. The molecule has 0 aromatic carbocycles. The van der Waals surface area contributed by atoms with E-state index in [2.05, 4.69) is 4.74 Å². The average Bonchev–Trinajstić information content (AvgIpc) is 2.24. The van der Waals surface area contributed by atoms with Crippen molar-refractivity contribution < 1.29 is 22.6 Å². The monoisotopic (exact) mass is 255 g/mol. The number of nitrogens with two attached hydrogens (primary N) is 1. The second-order valence-electron chi connectivity index (χ2n) is 4.38. The molecule has 1 fully saturated rings. The van der Waals surface area contributed by atoms with Crippen molar-refractivity contribution in [1.82, 2.24) is 0 Å². The summed E-state index contributed by atoms with van der Waals surface area (Å²) in [5.41, 5.74) is 5.87. The third-order valence-corrected chi connectivity index (χ3v) is 2.78. The van der Waals surface area contributed by atoms with Gasteiger partial charge in [0.05, 0.1) is 6.10 Å². The number of hydrogen-bond donors (Lipinski definition) is 1. The van der Waals surface area contributed by atoms with Crippen LogP contribution in [0.15, 0.2) is 0 Å². The minimum absolute atomic E-state index is 0.0615. The Labute approximate surface area is 99.4 Å². The van der Waals surface area contributed by atoms with Gasteiger partial charge in [-0.3, -0.25) is 0 Å². The van der Waals surface area contributed by atoms with Crippen LogP contribution in [0.5, 0.6) is 0 Å². The Balaban J connectivity index is 1.96. The van der Waals surface area contributed by atoms with Gasteiger partial charge in [0.1, 0.15) is 6.61 Å². The van der Waals surface area contributed by atoms with Crippen LogP contribution in [0.2, 0.25) is 0 Å². The first-order chi connectivity index (χ1) is 7.99. The topological polar surface area (TPSA) is 44.5 Å². The first-order valence-corrected chi connectivity index (χ1v) is 6.01. The van der Waals surface area contributed by atoms with Crippen LogP contribution in [-0.2, 0) is 9.47 Å². The Kier molecular flexibility index (Phi) is 6.22. The van der Waals surface area contributed by atoms with Crippen molar-refractivity contribution in [3.8, 4) is 0 Å². The van der Waals surface area contributed by atoms with Crippen molar-refractivity contribution >= 4 is 0 Å². The van der Waals surface area contributed by atoms with Crippen LogP contribution >= 0.6 is 0 Å². The lowest BCUT2D eigenvalue weighted by molar-refractivity contribution is -0.174. The predicted octanol–water partition coefficient (Wildman–Crippen LogP) is 2.24. The van der Waals surface area contributed by atoms with Crippen molar-refractivity contribution in [2.45, 2.75) is 50.4 Å². The molecular weight excluding hydrogens is 235 g/mol. The molecule has 102 valence electrons. The van der Waals surface area contributed by atoms with Crippen LogP contribution in [0, 0.1) is 0 Å². The minimum Gasteiger partial charge on any atom is -0.377 e. The number of alkyl halides is 3. The Hall–Kier alpha value is -0.330. The molecule has 1 aliphatic rings. The average molecular weight is 255 g/mol. The Morgan fingerprint density at radius 3 is 2.47 bits per heavy atom. The molecule has 3 nitrogen and oxygen atoms in total. The highest BCUT2D eigenvalue weighted by Crippen LogP contribution is 2.19. The van der Waals surface area contributed by atoms with Gasteiger partial charge in [-0.2, -0.15) is 13.2 Å². The molecule has 1 aliphatic carbocycles. The Morgan fingerprint density at radius 1 is 1.12 bits per heavy atom. The summed E-state index contributed by atoms with van der Waals surface area (Å²) in [5, 5.41) is 0. The molecule has 1 rings (SSSR count). The van der Waals surface area contributed by atoms with Crippen molar-refractivity contribution in [2.75, 3.05) is 19.8 Å². The largest absolute Gasteiger partial charge is 0.411 e. The van der Waals surface area contributed by atoms with Crippen molar-refractivity contribution in [3.63, 3.8) is 0 Å². The van der Waals surface area contributed by atoms with E-state index in [-0.39, 0.29) is 18.8 Å². The van der Waals surface area contributed by atoms with E-state index in [1.54, 1.807) is 0 Å². The zero-order chi connectivity index (χ0) is 12.7. The maximum absolute atomic E-state index is 11.7. The summed E-state index contributed by atoms with van der Waals surface area (Å²) in [7, 11) is 0. The quantitative estimate of drug-likeness (QED) is 0.740. The second-order valence-corrected chi connectivity index (χ2v) is 4.38. The standard InChI is InChI=1S/C11H20F3NO2/c12-11(13,14)8-16-6-3-7-17-10-5-2-1-4-9(10)15/h9-10H,1-8,15H2. The van der Waals surface area contributed by atoms with E-state index in [0.29, 0.717) is 13.0 Å². The van der Waals surface area contributed by atoms with Crippen LogP contribution in [0.25, 0.3) is 0 Å². The van der Waals surface area contributed by atoms with E-state index in [1.807, 2.05) is 0 Å². The molecule has 0 aromatic rings. The van der Waals surface area contributed by atoms with Gasteiger partial charge in [-0.1, -0.05) is 12.8 Å². The molecule has 0 spiro atoms. The highest BCUT2D eigenvalue weighted by molar-refractivity contribution is 4.78. The summed E-state index contributed by atoms with van der Waals surface area (Å²) < 4.78 is 45.2. The van der Waals surface area contributed by atoms with Gasteiger partial charge in [-0.05, 0) is 19.3 Å². The van der Waals surface area contributed by atoms with Gasteiger partial charge >= 0.3 is 6.18 Å². The minimum atomic E-state index is -4.24. The van der Waals surface area contributed by atoms with Crippen LogP contribution < -0.4 is 5.73 Å². The van der Waals surface area contributed by atoms with Crippen molar-refractivity contribution in [2.24, 2.45) is 5.73 Å². The molecule has 0 amide bonds. The molecule has 0 heterocycles. The normalized spacial score (nSPS) is 26.1. The Bertz CT molecular complexity index is 211. The van der Waals surface area contributed by atoms with Crippen LogP contribution in [0.1, 0.15) is 32.1 Å². The summed E-state index contributed by atoms with van der Waals surface area (Å²) in [4.78, 5) is 0. The van der Waals surface area contributed by atoms with Gasteiger partial charge in [0.2, 0.25) is 0 Å². The van der Waals surface area contributed by atoms with Crippen LogP contribution in [0.4, 0.5) is 13.2 Å². The van der Waals surface area contributed by atoms with E-state index in [4.69, 9.17) is 10.5 Å². The number of halogens is 3. The molecule has 0 saturated heterocycles. The van der Waals surface area contributed by atoms with Gasteiger partial charge in [-0.15, -0.1) is 0 Å². The van der Waals surface area contributed by atoms with Gasteiger partial charge in [-0.25, -0.2) is 0 Å². The lowest BCUT2D eigenvalue weighted by Gasteiger charge is -2.28. The van der Waals surface area contributed by atoms with Crippen molar-refractivity contribution in [3.05, 3.63) is 0 Å². The lowest BCUT2D eigenvalue weighted by Crippen LogP contribution is -2.39. The fourth-order valence-corrected chi connectivity index (χ4v) is 1.92. The van der Waals surface area contributed by atoms with E-state index in [9.17, 15) is 13.2 Å². The maximum Gasteiger partial charge on any atom is 0.411 e. The highest BCUT2D eigenvalue weighted by Gasteiger charge is 2.27. The summed E-state index contributed by atoms with van der Waals surface area (Å²) >= 11 is 0. The summed E-state index contributed by atoms with van der Waals surface area (Å²) in [6.07, 6.45) is 0.455. The van der Waals surface area contributed by atoms with Gasteiger partial charge in [0.15, 0.2) is 0 Å². The molecule has 6 heteroatoms. The zero-order valence-electron chi connectivity index (χ0n) is 9.84. The summed E-state index contributed by atoms with van der Waals surface area (Å²) in [6, 6.07) is 0.0693. The molecule has 0 aliphatic heterocycles. The first kappa shape index (κ1) is 14.7. The molecule has 17 heavy (non-hydrogen) atoms.